The molecule has 0 spiro atoms. The van der Waals surface area contributed by atoms with Gasteiger partial charge in [0.25, 0.3) is 0 Å². The molecule has 1 aromatic carbocycles. The monoisotopic (exact) mass is 1130 g/mol. The fourth-order valence-corrected chi connectivity index (χ4v) is 14.2. The van der Waals surface area contributed by atoms with Crippen LogP contribution in [0.3, 0.4) is 0 Å². The van der Waals surface area contributed by atoms with Gasteiger partial charge in [-0.15, -0.1) is 0 Å². The SMILES string of the molecule is CC[C@H](C)[C@@H]1NC(=O)CNC(=O)[C@H]2CC(=O)[C@H]([C@@H](C)[C@@H](O)CO)NC(=O)[C@@H]3CC(O)CN3C3(CCC(C)SSCCCC(C)=O)Oc4ccc5c(c([nH]c5c4)[S@](=O)CC(NC(=O)CNC1=O)C(=O)C[C@@H](CC(N)=O)C3=O)C2. The van der Waals surface area contributed by atoms with Crippen LogP contribution in [0.15, 0.2) is 23.2 Å². The Kier molecular flexibility index (Phi) is 21.4. The number of hydrogen-bond donors (Lipinski definition) is 10. The predicted molar refractivity (Wildman–Crippen MR) is 285 cm³/mol. The Morgan fingerprint density at radius 2 is 1.64 bits per heavy atom. The van der Waals surface area contributed by atoms with E-state index < -0.39 is 181 Å². The summed E-state index contributed by atoms with van der Waals surface area (Å²) >= 11 is 0. The average molecular weight is 1130 g/mol. The van der Waals surface area contributed by atoms with Crippen LogP contribution in [-0.2, 0) is 65.2 Å². The van der Waals surface area contributed by atoms with Crippen LogP contribution in [0.1, 0.15) is 98.0 Å². The lowest BCUT2D eigenvalue weighted by Gasteiger charge is -2.45. The van der Waals surface area contributed by atoms with Crippen molar-refractivity contribution >= 4 is 102 Å². The summed E-state index contributed by atoms with van der Waals surface area (Å²) in [5, 5.41) is 45.8. The van der Waals surface area contributed by atoms with Gasteiger partial charge in [0.05, 0.1) is 72.1 Å². The number of aliphatic hydroxyl groups is 3. The van der Waals surface area contributed by atoms with Gasteiger partial charge in [0.1, 0.15) is 22.6 Å². The van der Waals surface area contributed by atoms with Crippen LogP contribution in [0.4, 0.5) is 0 Å². The van der Waals surface area contributed by atoms with E-state index in [9.17, 15) is 53.7 Å². The summed E-state index contributed by atoms with van der Waals surface area (Å²) in [5.41, 5.74) is 3.96. The van der Waals surface area contributed by atoms with E-state index in [1.807, 2.05) is 6.92 Å². The smallest absolute Gasteiger partial charge is 0.243 e. The van der Waals surface area contributed by atoms with E-state index in [4.69, 9.17) is 10.5 Å². The molecule has 77 heavy (non-hydrogen) atoms. The summed E-state index contributed by atoms with van der Waals surface area (Å²) in [5.74, 6) is -12.7. The normalized spacial score (nSPS) is 28.9. The third-order valence-electron chi connectivity index (χ3n) is 14.9. The number of aromatic amines is 1. The van der Waals surface area contributed by atoms with Crippen molar-refractivity contribution in [3.05, 3.63) is 23.8 Å². The lowest BCUT2D eigenvalue weighted by Crippen LogP contribution is -2.65. The Morgan fingerprint density at radius 1 is 0.935 bits per heavy atom. The maximum Gasteiger partial charge on any atom is 0.243 e. The van der Waals surface area contributed by atoms with E-state index in [2.05, 4.69) is 31.6 Å². The molecule has 4 aliphatic rings. The number of benzene rings is 1. The van der Waals surface area contributed by atoms with Crippen molar-refractivity contribution in [3.63, 3.8) is 0 Å². The number of amides is 6. The highest BCUT2D eigenvalue weighted by Gasteiger charge is 2.57. The van der Waals surface area contributed by atoms with Crippen molar-refractivity contribution in [1.29, 1.82) is 0 Å². The zero-order valence-electron chi connectivity index (χ0n) is 43.9. The van der Waals surface area contributed by atoms with Crippen LogP contribution in [0.25, 0.3) is 10.9 Å². The third kappa shape index (κ3) is 15.1. The van der Waals surface area contributed by atoms with Gasteiger partial charge in [-0.3, -0.25) is 47.4 Å². The van der Waals surface area contributed by atoms with E-state index in [0.29, 0.717) is 30.4 Å². The van der Waals surface area contributed by atoms with Crippen molar-refractivity contribution in [2.75, 3.05) is 37.7 Å². The molecule has 4 aliphatic heterocycles. The summed E-state index contributed by atoms with van der Waals surface area (Å²) in [6.07, 6.45) is -4.62. The van der Waals surface area contributed by atoms with Crippen molar-refractivity contribution in [2.45, 2.75) is 151 Å². The second-order valence-electron chi connectivity index (χ2n) is 20.7. The van der Waals surface area contributed by atoms with Gasteiger partial charge in [0.15, 0.2) is 17.3 Å². The molecule has 5 heterocycles. The molecule has 2 aromatic rings. The van der Waals surface area contributed by atoms with Gasteiger partial charge in [0.2, 0.25) is 41.2 Å². The number of primary amides is 1. The predicted octanol–water partition coefficient (Wildman–Crippen LogP) is -0.394. The minimum Gasteiger partial charge on any atom is -0.465 e. The quantitative estimate of drug-likeness (QED) is 0.0755. The molecule has 26 heteroatoms. The van der Waals surface area contributed by atoms with Crippen molar-refractivity contribution in [3.8, 4) is 5.75 Å². The van der Waals surface area contributed by atoms with E-state index in [-0.39, 0.29) is 58.6 Å². The first-order chi connectivity index (χ1) is 36.5. The number of hydrogen-bond acceptors (Lipinski definition) is 18. The van der Waals surface area contributed by atoms with E-state index in [0.717, 1.165) is 0 Å². The first-order valence-corrected chi connectivity index (χ1v) is 29.7. The summed E-state index contributed by atoms with van der Waals surface area (Å²) in [7, 11) is 0.673. The number of aliphatic hydroxyl groups excluding tert-OH is 3. The molecule has 0 radical (unpaired) electrons. The number of aromatic nitrogens is 1. The topological polar surface area (TPSA) is 363 Å². The molecule has 424 valence electrons. The van der Waals surface area contributed by atoms with Gasteiger partial charge < -0.3 is 62.2 Å². The van der Waals surface area contributed by atoms with E-state index >= 15 is 13.8 Å². The largest absolute Gasteiger partial charge is 0.465 e. The number of ether oxygens (including phenoxy) is 1. The molecule has 4 unspecified atom stereocenters. The number of nitrogens with one attached hydrogen (secondary N) is 6. The van der Waals surface area contributed by atoms with Crippen LogP contribution in [0.2, 0.25) is 0 Å². The lowest BCUT2D eigenvalue weighted by molar-refractivity contribution is -0.168. The minimum atomic E-state index is -2.34. The Morgan fingerprint density at radius 3 is 2.31 bits per heavy atom. The maximum absolute atomic E-state index is 16.1. The Balaban J connectivity index is 1.64. The highest BCUT2D eigenvalue weighted by atomic mass is 33.1. The van der Waals surface area contributed by atoms with E-state index in [1.54, 1.807) is 19.9 Å². The van der Waals surface area contributed by atoms with Crippen LogP contribution >= 0.6 is 21.6 Å². The van der Waals surface area contributed by atoms with Crippen LogP contribution in [0.5, 0.6) is 5.75 Å². The van der Waals surface area contributed by atoms with Crippen LogP contribution < -0.4 is 37.1 Å². The van der Waals surface area contributed by atoms with Crippen molar-refractivity contribution in [2.24, 2.45) is 29.4 Å². The number of nitrogens with two attached hydrogens (primary N) is 1. The number of ketones is 4. The fourth-order valence-electron chi connectivity index (χ4n) is 10.3. The molecule has 0 aliphatic carbocycles. The van der Waals surface area contributed by atoms with Crippen LogP contribution in [-0.4, -0.2) is 173 Å². The van der Waals surface area contributed by atoms with Gasteiger partial charge in [-0.25, -0.2) is 4.90 Å². The Labute approximate surface area is 456 Å². The number of nitrogens with zero attached hydrogens (tertiary/aromatic N) is 1. The maximum atomic E-state index is 16.1. The Hall–Kier alpha value is -5.25. The van der Waals surface area contributed by atoms with Crippen molar-refractivity contribution < 1.29 is 72.2 Å². The van der Waals surface area contributed by atoms with Gasteiger partial charge >= 0.3 is 0 Å². The van der Waals surface area contributed by atoms with Crippen LogP contribution in [0, 0.1) is 23.7 Å². The molecular weight excluding hydrogens is 1060 g/mol. The number of rotatable bonds is 16. The minimum absolute atomic E-state index is 0.00482. The number of fused-ring (bicyclic) bond motifs is 7. The standard InChI is InChI=1S/C51H72N8O15S3/c1-6-25(2)44-49(72)54-20-42(67)55-36-24-77(73)50-34-14-30(47(70)53-21-43(68)57-44)16-39(64)45(28(5)40(65)23-60)58-48(71)37-18-31(62)22-59(37)51(46(69)29(15-38(36)63)17-41(52)66,74-32-9-10-33(34)35(19-32)56-50)12-11-27(4)76-75-13-7-8-26(3)61/h9-10,19,25,27-31,36-37,40,44-45,56,60,62,65H,6-8,11-18,20-24H2,1-5H3,(H2,52,66)(H,53,70)(H,54,72)(H,55,67)(H,57,68)(H,58,71)/t25-,27?,28-,29-,30+,31?,36?,37-,40-,44-,45-,51?,77+/m0/s1. The number of carbonyl (C=O) groups excluding carboxylic acids is 10. The fraction of sp³-hybridized carbons (Fsp3) is 0.647. The molecule has 1 aromatic heterocycles. The summed E-state index contributed by atoms with van der Waals surface area (Å²) < 4.78 is 22.0. The van der Waals surface area contributed by atoms with Gasteiger partial charge in [0, 0.05) is 78.9 Å². The Bertz CT molecular complexity index is 2620. The number of Topliss-reactive ketones (excluding diaryl/α,β-unsaturated/α-hetero) is 4. The summed E-state index contributed by atoms with van der Waals surface area (Å²) in [4.78, 5) is 146. The first-order valence-electron chi connectivity index (χ1n) is 26.0. The number of carbonyl (C=O) groups is 10. The lowest BCUT2D eigenvalue weighted by atomic mass is 9.83. The molecule has 1 fully saturated rings. The molecule has 0 saturated carbocycles. The molecule has 6 rings (SSSR count). The third-order valence-corrected chi connectivity index (χ3v) is 19.4. The molecular formula is C51H72N8O15S3. The molecule has 23 nitrogen and oxygen atoms in total. The molecule has 6 amide bonds. The van der Waals surface area contributed by atoms with E-state index in [1.165, 1.54) is 52.5 Å². The molecule has 1 saturated heterocycles. The number of H-pyrrole nitrogens is 1. The second kappa shape index (κ2) is 27.1. The van der Waals surface area contributed by atoms with Gasteiger partial charge in [-0.2, -0.15) is 0 Å². The molecule has 8 bridgehead atoms. The zero-order chi connectivity index (χ0) is 56.5. The van der Waals surface area contributed by atoms with Crippen molar-refractivity contribution in [1.82, 2.24) is 36.5 Å². The van der Waals surface area contributed by atoms with Gasteiger partial charge in [-0.05, 0) is 56.2 Å². The summed E-state index contributed by atoms with van der Waals surface area (Å²) in [6, 6.07) is -1.49. The van der Waals surface area contributed by atoms with Gasteiger partial charge in [-0.1, -0.05) is 55.7 Å². The highest BCUT2D eigenvalue weighted by Crippen LogP contribution is 2.42. The molecule has 13 atom stereocenters. The molecule has 11 N–H and O–H groups in total. The first kappa shape index (κ1) is 61.0. The highest BCUT2D eigenvalue weighted by molar-refractivity contribution is 8.76. The summed E-state index contributed by atoms with van der Waals surface area (Å²) in [6.45, 7) is 5.55. The average Bonchev–Trinajstić information content (AvgIpc) is 3.96. The zero-order valence-corrected chi connectivity index (χ0v) is 46.3. The second-order valence-corrected chi connectivity index (χ2v) is 25.1.